The predicted molar refractivity (Wildman–Crippen MR) is 138 cm³/mol. The third-order valence-corrected chi connectivity index (χ3v) is 6.21. The summed E-state index contributed by atoms with van der Waals surface area (Å²) in [5, 5.41) is 4.07. The third kappa shape index (κ3) is 4.11. The van der Waals surface area contributed by atoms with E-state index in [1.807, 2.05) is 48.7 Å². The van der Waals surface area contributed by atoms with Crippen LogP contribution < -0.4 is 14.8 Å². The van der Waals surface area contributed by atoms with Crippen molar-refractivity contribution in [2.24, 2.45) is 4.99 Å². The van der Waals surface area contributed by atoms with Crippen molar-refractivity contribution in [2.75, 3.05) is 19.5 Å². The Balaban J connectivity index is 1.58. The van der Waals surface area contributed by atoms with Gasteiger partial charge in [-0.15, -0.1) is 0 Å². The van der Waals surface area contributed by atoms with E-state index in [1.165, 1.54) is 5.56 Å². The van der Waals surface area contributed by atoms with E-state index < -0.39 is 0 Å². The number of rotatable bonds is 5. The number of pyridine rings is 1. The molecule has 0 saturated carbocycles. The summed E-state index contributed by atoms with van der Waals surface area (Å²) in [5.74, 6) is 2.05. The van der Waals surface area contributed by atoms with Crippen LogP contribution in [0.4, 0.5) is 11.5 Å². The molecule has 0 saturated heterocycles. The molecule has 2 heterocycles. The van der Waals surface area contributed by atoms with E-state index in [1.54, 1.807) is 14.2 Å². The number of anilines is 2. The third-order valence-electron chi connectivity index (χ3n) is 5.98. The minimum atomic E-state index is 0.537. The second-order valence-corrected chi connectivity index (χ2v) is 8.53. The molecule has 6 heteroatoms. The highest BCUT2D eigenvalue weighted by molar-refractivity contribution is 6.31. The van der Waals surface area contributed by atoms with E-state index in [9.17, 15) is 0 Å². The van der Waals surface area contributed by atoms with Gasteiger partial charge in [-0.1, -0.05) is 41.9 Å². The van der Waals surface area contributed by atoms with Crippen LogP contribution in [-0.4, -0.2) is 24.9 Å². The standard InChI is InChI=1S/C28H24ClN3O2/c1-17-6-4-5-7-21(17)28-24-12-19(29)8-10-22(24)23-14-27(30-15-18(23)16-31-28)32-20-9-11-25(33-2)26(13-20)34-3/h4-15H,16H2,1-3H3,(H,30,32). The summed E-state index contributed by atoms with van der Waals surface area (Å²) < 4.78 is 10.8. The Hall–Kier alpha value is -3.83. The summed E-state index contributed by atoms with van der Waals surface area (Å²) in [6.45, 7) is 2.64. The number of fused-ring (bicyclic) bond motifs is 3. The van der Waals surface area contributed by atoms with Crippen molar-refractivity contribution in [3.05, 3.63) is 100 Å². The van der Waals surface area contributed by atoms with Crippen LogP contribution in [0.3, 0.4) is 0 Å². The molecule has 5 rings (SSSR count). The van der Waals surface area contributed by atoms with Crippen molar-refractivity contribution >= 4 is 28.8 Å². The summed E-state index contributed by atoms with van der Waals surface area (Å²) in [7, 11) is 3.24. The molecule has 0 unspecified atom stereocenters. The minimum Gasteiger partial charge on any atom is -0.493 e. The molecule has 1 aliphatic rings. The van der Waals surface area contributed by atoms with Crippen LogP contribution in [0.5, 0.6) is 11.5 Å². The van der Waals surface area contributed by atoms with E-state index in [4.69, 9.17) is 26.1 Å². The number of nitrogens with zero attached hydrogens (tertiary/aromatic N) is 2. The van der Waals surface area contributed by atoms with Crippen molar-refractivity contribution in [3.63, 3.8) is 0 Å². The van der Waals surface area contributed by atoms with Crippen LogP contribution in [0.25, 0.3) is 11.1 Å². The van der Waals surface area contributed by atoms with Crippen molar-refractivity contribution in [2.45, 2.75) is 13.5 Å². The fraction of sp³-hybridized carbons (Fsp3) is 0.143. The number of benzene rings is 3. The van der Waals surface area contributed by atoms with Crippen LogP contribution in [0.15, 0.2) is 77.9 Å². The largest absolute Gasteiger partial charge is 0.493 e. The van der Waals surface area contributed by atoms with E-state index in [0.717, 1.165) is 45.0 Å². The lowest BCUT2D eigenvalue weighted by Gasteiger charge is -2.15. The second kappa shape index (κ2) is 9.20. The van der Waals surface area contributed by atoms with Gasteiger partial charge in [-0.25, -0.2) is 4.98 Å². The molecule has 1 N–H and O–H groups in total. The number of ether oxygens (including phenoxy) is 2. The van der Waals surface area contributed by atoms with Crippen LogP contribution in [-0.2, 0) is 6.54 Å². The Morgan fingerprint density at radius 1 is 0.824 bits per heavy atom. The number of aliphatic imine (C=N–C) groups is 1. The zero-order valence-electron chi connectivity index (χ0n) is 19.2. The maximum Gasteiger partial charge on any atom is 0.162 e. The van der Waals surface area contributed by atoms with E-state index in [-0.39, 0.29) is 0 Å². The van der Waals surface area contributed by atoms with Gasteiger partial charge in [0.15, 0.2) is 11.5 Å². The first-order chi connectivity index (χ1) is 16.6. The Kier molecular flexibility index (Phi) is 5.95. The summed E-state index contributed by atoms with van der Waals surface area (Å²) in [6, 6.07) is 22.0. The Bertz CT molecular complexity index is 1410. The first-order valence-corrected chi connectivity index (χ1v) is 11.3. The highest BCUT2D eigenvalue weighted by Crippen LogP contribution is 2.37. The first-order valence-electron chi connectivity index (χ1n) is 11.0. The molecule has 3 aromatic carbocycles. The molecule has 1 aliphatic heterocycles. The lowest BCUT2D eigenvalue weighted by Crippen LogP contribution is -2.06. The number of hydrogen-bond acceptors (Lipinski definition) is 5. The maximum absolute atomic E-state index is 6.44. The zero-order chi connectivity index (χ0) is 23.7. The fourth-order valence-electron chi connectivity index (χ4n) is 4.26. The molecular weight excluding hydrogens is 446 g/mol. The Morgan fingerprint density at radius 3 is 2.44 bits per heavy atom. The lowest BCUT2D eigenvalue weighted by atomic mass is 9.91. The summed E-state index contributed by atoms with van der Waals surface area (Å²) in [5.41, 5.74) is 8.32. The molecule has 34 heavy (non-hydrogen) atoms. The summed E-state index contributed by atoms with van der Waals surface area (Å²) >= 11 is 6.44. The quantitative estimate of drug-likeness (QED) is 0.348. The molecule has 0 amide bonds. The van der Waals surface area contributed by atoms with Gasteiger partial charge in [-0.05, 0) is 59.5 Å². The van der Waals surface area contributed by atoms with E-state index in [0.29, 0.717) is 23.1 Å². The molecule has 0 radical (unpaired) electrons. The monoisotopic (exact) mass is 469 g/mol. The van der Waals surface area contributed by atoms with Gasteiger partial charge in [0.05, 0.1) is 26.5 Å². The van der Waals surface area contributed by atoms with Gasteiger partial charge in [-0.3, -0.25) is 4.99 Å². The van der Waals surface area contributed by atoms with Gasteiger partial charge in [0.25, 0.3) is 0 Å². The second-order valence-electron chi connectivity index (χ2n) is 8.09. The summed E-state index contributed by atoms with van der Waals surface area (Å²) in [6.07, 6.45) is 1.89. The number of methoxy groups -OCH3 is 2. The highest BCUT2D eigenvalue weighted by Gasteiger charge is 2.21. The topological polar surface area (TPSA) is 55.7 Å². The lowest BCUT2D eigenvalue weighted by molar-refractivity contribution is 0.355. The van der Waals surface area contributed by atoms with E-state index in [2.05, 4.69) is 41.5 Å². The van der Waals surface area contributed by atoms with E-state index >= 15 is 0 Å². The number of hydrogen-bond donors (Lipinski definition) is 1. The average Bonchev–Trinajstić information content (AvgIpc) is 3.00. The number of aryl methyl sites for hydroxylation is 1. The van der Waals surface area contributed by atoms with Crippen LogP contribution in [0, 0.1) is 6.92 Å². The van der Waals surface area contributed by atoms with Gasteiger partial charge < -0.3 is 14.8 Å². The predicted octanol–water partition coefficient (Wildman–Crippen LogP) is 6.82. The van der Waals surface area contributed by atoms with Gasteiger partial charge >= 0.3 is 0 Å². The highest BCUT2D eigenvalue weighted by atomic mass is 35.5. The van der Waals surface area contributed by atoms with Crippen molar-refractivity contribution in [1.82, 2.24) is 4.98 Å². The maximum atomic E-state index is 6.44. The Morgan fingerprint density at radius 2 is 1.65 bits per heavy atom. The molecule has 0 spiro atoms. The number of aromatic nitrogens is 1. The van der Waals surface area contributed by atoms with Crippen molar-refractivity contribution in [1.29, 1.82) is 0 Å². The minimum absolute atomic E-state index is 0.537. The molecule has 170 valence electrons. The molecule has 0 atom stereocenters. The molecule has 0 fully saturated rings. The van der Waals surface area contributed by atoms with Crippen LogP contribution in [0.1, 0.15) is 22.3 Å². The number of halogens is 1. The molecule has 1 aromatic heterocycles. The fourth-order valence-corrected chi connectivity index (χ4v) is 4.43. The van der Waals surface area contributed by atoms with Crippen molar-refractivity contribution in [3.8, 4) is 22.6 Å². The molecule has 0 aliphatic carbocycles. The Labute approximate surface area is 204 Å². The zero-order valence-corrected chi connectivity index (χ0v) is 20.0. The molecule has 4 aromatic rings. The molecule has 0 bridgehead atoms. The summed E-state index contributed by atoms with van der Waals surface area (Å²) in [4.78, 5) is 9.66. The number of nitrogens with one attached hydrogen (secondary N) is 1. The SMILES string of the molecule is COc1ccc(Nc2cc3c(cn2)CN=C(c2ccccc2C)c2cc(Cl)ccc2-3)cc1OC. The smallest absolute Gasteiger partial charge is 0.162 e. The van der Waals surface area contributed by atoms with Crippen molar-refractivity contribution < 1.29 is 9.47 Å². The molecular formula is C28H24ClN3O2. The van der Waals surface area contributed by atoms with Crippen LogP contribution >= 0.6 is 11.6 Å². The van der Waals surface area contributed by atoms with Gasteiger partial charge in [0.1, 0.15) is 5.82 Å². The van der Waals surface area contributed by atoms with Gasteiger partial charge in [0, 0.05) is 34.1 Å². The van der Waals surface area contributed by atoms with Gasteiger partial charge in [-0.2, -0.15) is 0 Å². The normalized spacial score (nSPS) is 12.2. The van der Waals surface area contributed by atoms with Crippen LogP contribution in [0.2, 0.25) is 5.02 Å². The average molecular weight is 470 g/mol. The van der Waals surface area contributed by atoms with Gasteiger partial charge in [0.2, 0.25) is 0 Å². The molecule has 5 nitrogen and oxygen atoms in total. The first kappa shape index (κ1) is 22.0.